The van der Waals surface area contributed by atoms with E-state index in [4.69, 9.17) is 0 Å². The quantitative estimate of drug-likeness (QED) is 0.491. The van der Waals surface area contributed by atoms with Gasteiger partial charge in [-0.3, -0.25) is 4.79 Å². The standard InChI is InChI=1S/C26H27N5O/c1-18(19-8-4-2-5-9-19)28-22-12-14-31(15-13-22)26(32)23-16-21-17-27-24(30-25(21)29-23)20-10-6-3-7-11-20/h2-11,16-18,22,28H,12-15H2,1H3,(H,27,29,30). The summed E-state index contributed by atoms with van der Waals surface area (Å²) >= 11 is 0. The van der Waals surface area contributed by atoms with Gasteiger partial charge in [0.2, 0.25) is 0 Å². The first-order valence-corrected chi connectivity index (χ1v) is 11.2. The summed E-state index contributed by atoms with van der Waals surface area (Å²) in [5, 5.41) is 4.56. The lowest BCUT2D eigenvalue weighted by Crippen LogP contribution is -2.45. The van der Waals surface area contributed by atoms with Gasteiger partial charge in [0.1, 0.15) is 11.3 Å². The molecular formula is C26H27N5O. The summed E-state index contributed by atoms with van der Waals surface area (Å²) in [5.41, 5.74) is 3.51. The van der Waals surface area contributed by atoms with Gasteiger partial charge in [-0.2, -0.15) is 0 Å². The number of benzene rings is 2. The number of amides is 1. The van der Waals surface area contributed by atoms with Crippen LogP contribution < -0.4 is 5.32 Å². The zero-order valence-corrected chi connectivity index (χ0v) is 18.2. The molecule has 3 heterocycles. The number of aromatic nitrogens is 3. The van der Waals surface area contributed by atoms with Crippen molar-refractivity contribution in [2.75, 3.05) is 13.1 Å². The molecule has 1 aliphatic heterocycles. The highest BCUT2D eigenvalue weighted by Crippen LogP contribution is 2.22. The highest BCUT2D eigenvalue weighted by Gasteiger charge is 2.25. The SMILES string of the molecule is CC(NC1CCN(C(=O)c2cc3cnc(-c4ccccc4)nc3[nH]2)CC1)c1ccccc1. The molecule has 2 N–H and O–H groups in total. The van der Waals surface area contributed by atoms with Crippen molar-refractivity contribution < 1.29 is 4.79 Å². The predicted octanol–water partition coefficient (Wildman–Crippen LogP) is 4.58. The predicted molar refractivity (Wildman–Crippen MR) is 126 cm³/mol. The van der Waals surface area contributed by atoms with Gasteiger partial charge in [0.25, 0.3) is 5.91 Å². The molecule has 6 heteroatoms. The van der Waals surface area contributed by atoms with Crippen molar-refractivity contribution >= 4 is 16.9 Å². The molecule has 1 unspecified atom stereocenters. The van der Waals surface area contributed by atoms with Gasteiger partial charge in [-0.1, -0.05) is 60.7 Å². The smallest absolute Gasteiger partial charge is 0.270 e. The Labute approximate surface area is 187 Å². The fraction of sp³-hybridized carbons (Fsp3) is 0.269. The summed E-state index contributed by atoms with van der Waals surface area (Å²) in [5.74, 6) is 0.678. The summed E-state index contributed by atoms with van der Waals surface area (Å²) in [6.45, 7) is 3.69. The number of fused-ring (bicyclic) bond motifs is 1. The minimum atomic E-state index is 0.0267. The average molecular weight is 426 g/mol. The number of H-pyrrole nitrogens is 1. The molecule has 0 aliphatic carbocycles. The first-order valence-electron chi connectivity index (χ1n) is 11.2. The molecule has 32 heavy (non-hydrogen) atoms. The Morgan fingerprint density at radius 3 is 2.47 bits per heavy atom. The van der Waals surface area contributed by atoms with Crippen molar-refractivity contribution in [3.8, 4) is 11.4 Å². The van der Waals surface area contributed by atoms with Crippen LogP contribution in [0.5, 0.6) is 0 Å². The highest BCUT2D eigenvalue weighted by molar-refractivity contribution is 5.97. The summed E-state index contributed by atoms with van der Waals surface area (Å²) in [6.07, 6.45) is 3.67. The van der Waals surface area contributed by atoms with Crippen molar-refractivity contribution in [1.29, 1.82) is 0 Å². The molecule has 6 nitrogen and oxygen atoms in total. The van der Waals surface area contributed by atoms with Gasteiger partial charge in [-0.25, -0.2) is 9.97 Å². The Balaban J connectivity index is 1.23. The molecule has 0 spiro atoms. The topological polar surface area (TPSA) is 73.9 Å². The molecule has 162 valence electrons. The fourth-order valence-corrected chi connectivity index (χ4v) is 4.37. The van der Waals surface area contributed by atoms with Crippen LogP contribution in [0.4, 0.5) is 0 Å². The van der Waals surface area contributed by atoms with Crippen LogP contribution in [0.15, 0.2) is 72.9 Å². The van der Waals surface area contributed by atoms with Gasteiger partial charge in [0.15, 0.2) is 5.82 Å². The molecule has 0 saturated carbocycles. The van der Waals surface area contributed by atoms with Crippen molar-refractivity contribution in [1.82, 2.24) is 25.2 Å². The molecule has 0 radical (unpaired) electrons. The second kappa shape index (κ2) is 8.93. The second-order valence-corrected chi connectivity index (χ2v) is 8.41. The van der Waals surface area contributed by atoms with E-state index in [1.807, 2.05) is 47.4 Å². The van der Waals surface area contributed by atoms with Crippen LogP contribution in [0.1, 0.15) is 41.9 Å². The van der Waals surface area contributed by atoms with E-state index in [-0.39, 0.29) is 5.91 Å². The number of likely N-dealkylation sites (tertiary alicyclic amines) is 1. The number of carbonyl (C=O) groups is 1. The minimum Gasteiger partial charge on any atom is -0.337 e. The Morgan fingerprint density at radius 1 is 1.06 bits per heavy atom. The number of hydrogen-bond acceptors (Lipinski definition) is 4. The lowest BCUT2D eigenvalue weighted by Gasteiger charge is -2.34. The first kappa shape index (κ1) is 20.4. The van der Waals surface area contributed by atoms with Gasteiger partial charge < -0.3 is 15.2 Å². The second-order valence-electron chi connectivity index (χ2n) is 8.41. The van der Waals surface area contributed by atoms with Crippen LogP contribution in [0.3, 0.4) is 0 Å². The maximum absolute atomic E-state index is 13.1. The third kappa shape index (κ3) is 4.27. The van der Waals surface area contributed by atoms with E-state index in [0.717, 1.165) is 36.9 Å². The van der Waals surface area contributed by atoms with E-state index >= 15 is 0 Å². The van der Waals surface area contributed by atoms with E-state index in [9.17, 15) is 4.79 Å². The van der Waals surface area contributed by atoms with Crippen LogP contribution in [0.2, 0.25) is 0 Å². The zero-order chi connectivity index (χ0) is 21.9. The number of nitrogens with zero attached hydrogens (tertiary/aromatic N) is 3. The molecule has 0 bridgehead atoms. The van der Waals surface area contributed by atoms with Crippen LogP contribution >= 0.6 is 0 Å². The van der Waals surface area contributed by atoms with Crippen molar-refractivity contribution in [3.05, 3.63) is 84.2 Å². The van der Waals surface area contributed by atoms with Crippen LogP contribution in [0.25, 0.3) is 22.4 Å². The Morgan fingerprint density at radius 2 is 1.75 bits per heavy atom. The molecule has 2 aromatic carbocycles. The van der Waals surface area contributed by atoms with E-state index in [0.29, 0.717) is 29.2 Å². The van der Waals surface area contributed by atoms with Gasteiger partial charge >= 0.3 is 0 Å². The number of carbonyl (C=O) groups excluding carboxylic acids is 1. The summed E-state index contributed by atoms with van der Waals surface area (Å²) in [7, 11) is 0. The molecule has 1 atom stereocenters. The lowest BCUT2D eigenvalue weighted by atomic mass is 10.0. The summed E-state index contributed by atoms with van der Waals surface area (Å²) < 4.78 is 0. The Hall–Kier alpha value is -3.51. The average Bonchev–Trinajstić information content (AvgIpc) is 3.29. The molecule has 1 fully saturated rings. The monoisotopic (exact) mass is 425 g/mol. The first-order chi connectivity index (χ1) is 15.7. The summed E-state index contributed by atoms with van der Waals surface area (Å²) in [6, 6.07) is 22.9. The number of rotatable bonds is 5. The van der Waals surface area contributed by atoms with E-state index in [2.05, 4.69) is 51.5 Å². The third-order valence-corrected chi connectivity index (χ3v) is 6.20. The van der Waals surface area contributed by atoms with Crippen LogP contribution in [0, 0.1) is 0 Å². The summed E-state index contributed by atoms with van der Waals surface area (Å²) in [4.78, 5) is 27.3. The number of aromatic amines is 1. The Kier molecular flexibility index (Phi) is 5.69. The highest BCUT2D eigenvalue weighted by atomic mass is 16.2. The normalized spacial score (nSPS) is 15.7. The number of piperidine rings is 1. The van der Waals surface area contributed by atoms with Crippen LogP contribution in [-0.2, 0) is 0 Å². The molecule has 2 aromatic heterocycles. The van der Waals surface area contributed by atoms with Gasteiger partial charge in [-0.15, -0.1) is 0 Å². The molecular weight excluding hydrogens is 398 g/mol. The van der Waals surface area contributed by atoms with Crippen molar-refractivity contribution in [2.24, 2.45) is 0 Å². The maximum atomic E-state index is 13.1. The van der Waals surface area contributed by atoms with Crippen LogP contribution in [-0.4, -0.2) is 44.9 Å². The number of hydrogen-bond donors (Lipinski definition) is 2. The van der Waals surface area contributed by atoms with Crippen molar-refractivity contribution in [3.63, 3.8) is 0 Å². The van der Waals surface area contributed by atoms with E-state index < -0.39 is 0 Å². The lowest BCUT2D eigenvalue weighted by molar-refractivity contribution is 0.0697. The van der Waals surface area contributed by atoms with Gasteiger partial charge in [-0.05, 0) is 31.4 Å². The third-order valence-electron chi connectivity index (χ3n) is 6.20. The van der Waals surface area contributed by atoms with Crippen molar-refractivity contribution in [2.45, 2.75) is 31.8 Å². The van der Waals surface area contributed by atoms with E-state index in [1.165, 1.54) is 5.56 Å². The fourth-order valence-electron chi connectivity index (χ4n) is 4.37. The number of nitrogens with one attached hydrogen (secondary N) is 2. The zero-order valence-electron chi connectivity index (χ0n) is 18.2. The largest absolute Gasteiger partial charge is 0.337 e. The maximum Gasteiger partial charge on any atom is 0.270 e. The minimum absolute atomic E-state index is 0.0267. The molecule has 5 rings (SSSR count). The van der Waals surface area contributed by atoms with E-state index in [1.54, 1.807) is 6.20 Å². The molecule has 1 saturated heterocycles. The van der Waals surface area contributed by atoms with Gasteiger partial charge in [0.05, 0.1) is 0 Å². The molecule has 1 aliphatic rings. The molecule has 1 amide bonds. The Bertz CT molecular complexity index is 1200. The molecule has 4 aromatic rings. The van der Waals surface area contributed by atoms with Gasteiger partial charge in [0, 0.05) is 42.3 Å².